The molecule has 0 atom stereocenters. The van der Waals surface area contributed by atoms with Crippen LogP contribution in [-0.2, 0) is 4.79 Å². The van der Waals surface area contributed by atoms with E-state index in [0.717, 1.165) is 22.9 Å². The standard InChI is InChI=1S/C17H27BrN2O/c1-3-4-5-6-7-8-9-10-16(21)20-17-14(18)11-13(2)12-15(17)19/h11-12H,3-10,19H2,1-2H3,(H,20,21). The van der Waals surface area contributed by atoms with E-state index in [1.54, 1.807) is 0 Å². The molecule has 0 aliphatic heterocycles. The predicted molar refractivity (Wildman–Crippen MR) is 94.5 cm³/mol. The third-order valence-corrected chi connectivity index (χ3v) is 4.16. The van der Waals surface area contributed by atoms with E-state index in [1.165, 1.54) is 32.1 Å². The molecule has 3 N–H and O–H groups in total. The predicted octanol–water partition coefficient (Wildman–Crippen LogP) is 5.42. The number of nitrogen functional groups attached to an aromatic ring is 1. The molecule has 0 saturated heterocycles. The third-order valence-electron chi connectivity index (χ3n) is 3.54. The van der Waals surface area contributed by atoms with Gasteiger partial charge in [-0.05, 0) is 47.0 Å². The van der Waals surface area contributed by atoms with E-state index in [0.29, 0.717) is 17.8 Å². The smallest absolute Gasteiger partial charge is 0.224 e. The Morgan fingerprint density at radius 3 is 2.38 bits per heavy atom. The summed E-state index contributed by atoms with van der Waals surface area (Å²) in [6, 6.07) is 3.83. The molecule has 118 valence electrons. The lowest BCUT2D eigenvalue weighted by Crippen LogP contribution is -2.13. The summed E-state index contributed by atoms with van der Waals surface area (Å²) in [4.78, 5) is 11.9. The SMILES string of the molecule is CCCCCCCCCC(=O)Nc1c(N)cc(C)cc1Br. The molecule has 0 bridgehead atoms. The Bertz CT molecular complexity index is 437. The number of carbonyl (C=O) groups is 1. The van der Waals surface area contributed by atoms with Crippen molar-refractivity contribution >= 4 is 33.2 Å². The molecule has 0 saturated carbocycles. The number of nitrogens with two attached hydrogens (primary N) is 1. The molecule has 4 heteroatoms. The first kappa shape index (κ1) is 18.0. The van der Waals surface area contributed by atoms with Gasteiger partial charge in [-0.15, -0.1) is 0 Å². The fraction of sp³-hybridized carbons (Fsp3) is 0.588. The summed E-state index contributed by atoms with van der Waals surface area (Å²) in [5.74, 6) is 0.0415. The zero-order chi connectivity index (χ0) is 15.7. The van der Waals surface area contributed by atoms with Crippen LogP contribution in [0.5, 0.6) is 0 Å². The van der Waals surface area contributed by atoms with E-state index >= 15 is 0 Å². The summed E-state index contributed by atoms with van der Waals surface area (Å²) >= 11 is 3.45. The molecule has 1 amide bonds. The van der Waals surface area contributed by atoms with Crippen LogP contribution in [0.25, 0.3) is 0 Å². The first-order chi connectivity index (χ1) is 10.0. The van der Waals surface area contributed by atoms with Crippen LogP contribution in [0.15, 0.2) is 16.6 Å². The Morgan fingerprint density at radius 2 is 1.76 bits per heavy atom. The summed E-state index contributed by atoms with van der Waals surface area (Å²) in [6.07, 6.45) is 9.05. The Balaban J connectivity index is 2.28. The molecule has 3 nitrogen and oxygen atoms in total. The molecular formula is C17H27BrN2O. The average Bonchev–Trinajstić information content (AvgIpc) is 2.42. The average molecular weight is 355 g/mol. The van der Waals surface area contributed by atoms with Gasteiger partial charge in [-0.2, -0.15) is 0 Å². The molecule has 1 rings (SSSR count). The lowest BCUT2D eigenvalue weighted by atomic mass is 10.1. The molecule has 21 heavy (non-hydrogen) atoms. The second kappa shape index (κ2) is 9.82. The molecule has 0 aliphatic carbocycles. The van der Waals surface area contributed by atoms with Gasteiger partial charge in [-0.3, -0.25) is 4.79 Å². The molecule has 0 aliphatic rings. The van der Waals surface area contributed by atoms with Crippen molar-refractivity contribution in [3.05, 3.63) is 22.2 Å². The molecule has 0 heterocycles. The number of benzene rings is 1. The summed E-state index contributed by atoms with van der Waals surface area (Å²) in [7, 11) is 0. The van der Waals surface area contributed by atoms with Gasteiger partial charge in [0.15, 0.2) is 0 Å². The Kier molecular flexibility index (Phi) is 8.43. The number of hydrogen-bond donors (Lipinski definition) is 2. The minimum atomic E-state index is 0.0415. The number of aryl methyl sites for hydroxylation is 1. The highest BCUT2D eigenvalue weighted by Crippen LogP contribution is 2.30. The maximum absolute atomic E-state index is 11.9. The highest BCUT2D eigenvalue weighted by molar-refractivity contribution is 9.10. The summed E-state index contributed by atoms with van der Waals surface area (Å²) in [5.41, 5.74) is 8.32. The Morgan fingerprint density at radius 1 is 1.14 bits per heavy atom. The lowest BCUT2D eigenvalue weighted by Gasteiger charge is -2.11. The zero-order valence-corrected chi connectivity index (χ0v) is 14.8. The molecule has 0 unspecified atom stereocenters. The van der Waals surface area contributed by atoms with Crippen molar-refractivity contribution in [1.82, 2.24) is 0 Å². The highest BCUT2D eigenvalue weighted by Gasteiger charge is 2.09. The lowest BCUT2D eigenvalue weighted by molar-refractivity contribution is -0.116. The minimum Gasteiger partial charge on any atom is -0.397 e. The molecule has 1 aromatic carbocycles. The van der Waals surface area contributed by atoms with Crippen molar-refractivity contribution in [3.63, 3.8) is 0 Å². The summed E-state index contributed by atoms with van der Waals surface area (Å²) in [5, 5.41) is 2.91. The van der Waals surface area contributed by atoms with Crippen LogP contribution in [0.3, 0.4) is 0 Å². The molecular weight excluding hydrogens is 328 g/mol. The number of rotatable bonds is 9. The second-order valence-electron chi connectivity index (χ2n) is 5.63. The van der Waals surface area contributed by atoms with Crippen LogP contribution in [0, 0.1) is 6.92 Å². The second-order valence-corrected chi connectivity index (χ2v) is 6.48. The Hall–Kier alpha value is -1.03. The van der Waals surface area contributed by atoms with Crippen LogP contribution >= 0.6 is 15.9 Å². The fourth-order valence-corrected chi connectivity index (χ4v) is 3.03. The van der Waals surface area contributed by atoms with Gasteiger partial charge < -0.3 is 11.1 Å². The van der Waals surface area contributed by atoms with Crippen molar-refractivity contribution in [2.75, 3.05) is 11.1 Å². The van der Waals surface area contributed by atoms with E-state index in [1.807, 2.05) is 19.1 Å². The number of hydrogen-bond acceptors (Lipinski definition) is 2. The third kappa shape index (κ3) is 6.98. The molecule has 0 fully saturated rings. The van der Waals surface area contributed by atoms with Gasteiger partial charge in [0, 0.05) is 10.9 Å². The van der Waals surface area contributed by atoms with Crippen molar-refractivity contribution < 1.29 is 4.79 Å². The quantitative estimate of drug-likeness (QED) is 0.459. The highest BCUT2D eigenvalue weighted by atomic mass is 79.9. The first-order valence-electron chi connectivity index (χ1n) is 7.90. The zero-order valence-electron chi connectivity index (χ0n) is 13.2. The molecule has 0 aromatic heterocycles. The van der Waals surface area contributed by atoms with Crippen LogP contribution in [0.4, 0.5) is 11.4 Å². The van der Waals surface area contributed by atoms with Crippen LogP contribution in [0.2, 0.25) is 0 Å². The van der Waals surface area contributed by atoms with E-state index in [2.05, 4.69) is 28.2 Å². The number of nitrogens with one attached hydrogen (secondary N) is 1. The van der Waals surface area contributed by atoms with Gasteiger partial charge in [0.05, 0.1) is 11.4 Å². The van der Waals surface area contributed by atoms with Gasteiger partial charge in [0.2, 0.25) is 5.91 Å². The van der Waals surface area contributed by atoms with E-state index in [-0.39, 0.29) is 5.91 Å². The van der Waals surface area contributed by atoms with Crippen LogP contribution < -0.4 is 11.1 Å². The topological polar surface area (TPSA) is 55.1 Å². The Labute approximate surface area is 136 Å². The van der Waals surface area contributed by atoms with Crippen molar-refractivity contribution in [2.45, 2.75) is 65.2 Å². The first-order valence-corrected chi connectivity index (χ1v) is 8.69. The van der Waals surface area contributed by atoms with Gasteiger partial charge in [-0.1, -0.05) is 45.4 Å². The van der Waals surface area contributed by atoms with Gasteiger partial charge in [0.1, 0.15) is 0 Å². The largest absolute Gasteiger partial charge is 0.397 e. The molecule has 1 aromatic rings. The fourth-order valence-electron chi connectivity index (χ4n) is 2.35. The number of carbonyl (C=O) groups excluding carboxylic acids is 1. The monoisotopic (exact) mass is 354 g/mol. The van der Waals surface area contributed by atoms with Gasteiger partial charge >= 0.3 is 0 Å². The molecule has 0 radical (unpaired) electrons. The minimum absolute atomic E-state index is 0.0415. The summed E-state index contributed by atoms with van der Waals surface area (Å²) in [6.45, 7) is 4.20. The van der Waals surface area contributed by atoms with Crippen LogP contribution in [0.1, 0.15) is 63.9 Å². The van der Waals surface area contributed by atoms with Gasteiger partial charge in [0.25, 0.3) is 0 Å². The van der Waals surface area contributed by atoms with E-state index < -0.39 is 0 Å². The van der Waals surface area contributed by atoms with Gasteiger partial charge in [-0.25, -0.2) is 0 Å². The normalized spacial score (nSPS) is 10.6. The maximum atomic E-state index is 11.9. The van der Waals surface area contributed by atoms with E-state index in [9.17, 15) is 4.79 Å². The van der Waals surface area contributed by atoms with Crippen molar-refractivity contribution in [1.29, 1.82) is 0 Å². The van der Waals surface area contributed by atoms with Crippen LogP contribution in [-0.4, -0.2) is 5.91 Å². The number of unbranched alkanes of at least 4 members (excludes halogenated alkanes) is 6. The maximum Gasteiger partial charge on any atom is 0.224 e. The van der Waals surface area contributed by atoms with E-state index in [4.69, 9.17) is 5.73 Å². The number of halogens is 1. The van der Waals surface area contributed by atoms with Crippen molar-refractivity contribution in [3.8, 4) is 0 Å². The number of amides is 1. The number of anilines is 2. The summed E-state index contributed by atoms with van der Waals surface area (Å²) < 4.78 is 0.841. The van der Waals surface area contributed by atoms with Crippen molar-refractivity contribution in [2.24, 2.45) is 0 Å². The molecule has 0 spiro atoms.